The van der Waals surface area contributed by atoms with Gasteiger partial charge in [0, 0.05) is 13.1 Å². The molecule has 1 rings (SSSR count). The van der Waals surface area contributed by atoms with E-state index in [0.29, 0.717) is 18.8 Å². The van der Waals surface area contributed by atoms with Crippen molar-refractivity contribution in [3.05, 3.63) is 11.9 Å². The molecule has 0 radical (unpaired) electrons. The van der Waals surface area contributed by atoms with Crippen LogP contribution in [0.3, 0.4) is 0 Å². The van der Waals surface area contributed by atoms with Crippen LogP contribution in [0, 0.1) is 0 Å². The van der Waals surface area contributed by atoms with Crippen LogP contribution in [0.15, 0.2) is 6.20 Å². The summed E-state index contributed by atoms with van der Waals surface area (Å²) in [5.41, 5.74) is 0.368. The molecule has 10 heteroatoms. The first-order valence-electron chi connectivity index (χ1n) is 6.74. The molecule has 0 spiro atoms. The van der Waals surface area contributed by atoms with Crippen LogP contribution in [0.2, 0.25) is 0 Å². The molecule has 0 bridgehead atoms. The van der Waals surface area contributed by atoms with Gasteiger partial charge in [-0.2, -0.15) is 17.4 Å². The van der Waals surface area contributed by atoms with E-state index in [0.717, 1.165) is 17.5 Å². The van der Waals surface area contributed by atoms with Crippen LogP contribution in [-0.4, -0.2) is 51.9 Å². The lowest BCUT2D eigenvalue weighted by molar-refractivity contribution is -0.137. The molecule has 0 unspecified atom stereocenters. The van der Waals surface area contributed by atoms with Crippen LogP contribution in [0.5, 0.6) is 0 Å². The topological polar surface area (TPSA) is 117 Å². The van der Waals surface area contributed by atoms with Gasteiger partial charge in [-0.3, -0.25) is 4.79 Å². The van der Waals surface area contributed by atoms with Gasteiger partial charge in [0.05, 0.1) is 18.4 Å². The van der Waals surface area contributed by atoms with E-state index in [4.69, 9.17) is 5.11 Å². The molecule has 0 aliphatic heterocycles. The smallest absolute Gasteiger partial charge is 0.325 e. The lowest BCUT2D eigenvalue weighted by atomic mass is 10.4. The summed E-state index contributed by atoms with van der Waals surface area (Å²) in [6.07, 6.45) is 2.87. The van der Waals surface area contributed by atoms with E-state index < -0.39 is 16.2 Å². The van der Waals surface area contributed by atoms with Crippen molar-refractivity contribution < 1.29 is 18.3 Å². The van der Waals surface area contributed by atoms with Crippen LogP contribution in [0.25, 0.3) is 0 Å². The number of nitrogens with zero attached hydrogens (tertiary/aromatic N) is 4. The van der Waals surface area contributed by atoms with Gasteiger partial charge < -0.3 is 5.11 Å². The Morgan fingerprint density at radius 3 is 2.52 bits per heavy atom. The molecule has 0 aliphatic rings. The summed E-state index contributed by atoms with van der Waals surface area (Å²) in [5, 5.41) is 16.0. The summed E-state index contributed by atoms with van der Waals surface area (Å²) in [7, 11) is -3.57. The second kappa shape index (κ2) is 8.05. The molecular formula is C11H21N5O4S. The minimum Gasteiger partial charge on any atom is -0.480 e. The maximum Gasteiger partial charge on any atom is 0.325 e. The largest absolute Gasteiger partial charge is 0.480 e. The predicted octanol–water partition coefficient (Wildman–Crippen LogP) is -0.181. The quantitative estimate of drug-likeness (QED) is 0.618. The van der Waals surface area contributed by atoms with E-state index in [1.807, 2.05) is 13.8 Å². The molecule has 2 N–H and O–H groups in total. The zero-order valence-corrected chi connectivity index (χ0v) is 13.0. The van der Waals surface area contributed by atoms with Crippen molar-refractivity contribution in [3.63, 3.8) is 0 Å². The molecule has 0 aliphatic carbocycles. The minimum absolute atomic E-state index is 0.0219. The Hall–Kier alpha value is -1.52. The van der Waals surface area contributed by atoms with Crippen LogP contribution in [0.1, 0.15) is 32.4 Å². The Morgan fingerprint density at radius 1 is 1.38 bits per heavy atom. The number of nitrogens with one attached hydrogen (secondary N) is 1. The number of carboxylic acids is 1. The van der Waals surface area contributed by atoms with E-state index in [1.165, 1.54) is 10.5 Å². The molecule has 1 aromatic heterocycles. The Bertz CT molecular complexity index is 551. The van der Waals surface area contributed by atoms with E-state index in [-0.39, 0.29) is 13.1 Å². The molecule has 21 heavy (non-hydrogen) atoms. The first-order chi connectivity index (χ1) is 9.89. The molecule has 1 heterocycles. The number of aromatic nitrogens is 3. The first kappa shape index (κ1) is 17.5. The number of hydrogen-bond donors (Lipinski definition) is 2. The highest BCUT2D eigenvalue weighted by Gasteiger charge is 2.20. The van der Waals surface area contributed by atoms with Gasteiger partial charge in [0.1, 0.15) is 6.54 Å². The van der Waals surface area contributed by atoms with Crippen LogP contribution in [0.4, 0.5) is 0 Å². The zero-order valence-electron chi connectivity index (χ0n) is 12.2. The van der Waals surface area contributed by atoms with Gasteiger partial charge in [-0.25, -0.2) is 4.68 Å². The van der Waals surface area contributed by atoms with Gasteiger partial charge in [-0.05, 0) is 12.8 Å². The SMILES string of the molecule is CCCN(CCC)S(=O)(=O)NCc1cn(CC(=O)O)nn1. The van der Waals surface area contributed by atoms with Gasteiger partial charge in [0.15, 0.2) is 0 Å². The Labute approximate surface area is 124 Å². The second-order valence-electron chi connectivity index (χ2n) is 4.53. The first-order valence-corrected chi connectivity index (χ1v) is 8.18. The average Bonchev–Trinajstić information content (AvgIpc) is 2.83. The van der Waals surface area contributed by atoms with Crippen molar-refractivity contribution in [1.29, 1.82) is 0 Å². The van der Waals surface area contributed by atoms with Crippen LogP contribution >= 0.6 is 0 Å². The fraction of sp³-hybridized carbons (Fsp3) is 0.727. The molecule has 0 amide bonds. The Morgan fingerprint density at radius 2 is 2.00 bits per heavy atom. The van der Waals surface area contributed by atoms with Crippen LogP contribution < -0.4 is 4.72 Å². The van der Waals surface area contributed by atoms with Crippen molar-refractivity contribution in [3.8, 4) is 0 Å². The molecule has 0 saturated heterocycles. The highest BCUT2D eigenvalue weighted by atomic mass is 32.2. The van der Waals surface area contributed by atoms with Crippen molar-refractivity contribution in [1.82, 2.24) is 24.0 Å². The van der Waals surface area contributed by atoms with Crippen molar-refractivity contribution in [2.45, 2.75) is 39.8 Å². The number of aliphatic carboxylic acids is 1. The maximum atomic E-state index is 12.1. The highest BCUT2D eigenvalue weighted by molar-refractivity contribution is 7.87. The van der Waals surface area contributed by atoms with Crippen molar-refractivity contribution >= 4 is 16.2 Å². The standard InChI is InChI=1S/C11H21N5O4S/c1-3-5-16(6-4-2)21(19,20)12-7-10-8-15(14-13-10)9-11(17)18/h8,12H,3-7,9H2,1-2H3,(H,17,18). The third-order valence-electron chi connectivity index (χ3n) is 2.60. The summed E-state index contributed by atoms with van der Waals surface area (Å²) in [4.78, 5) is 10.5. The van der Waals surface area contributed by atoms with Gasteiger partial charge in [-0.1, -0.05) is 19.1 Å². The van der Waals surface area contributed by atoms with E-state index in [2.05, 4.69) is 15.0 Å². The summed E-state index contributed by atoms with van der Waals surface area (Å²) in [5.74, 6) is -1.04. The molecular weight excluding hydrogens is 298 g/mol. The lowest BCUT2D eigenvalue weighted by Gasteiger charge is -2.20. The predicted molar refractivity (Wildman–Crippen MR) is 75.6 cm³/mol. The lowest BCUT2D eigenvalue weighted by Crippen LogP contribution is -2.41. The third-order valence-corrected chi connectivity index (χ3v) is 4.16. The van der Waals surface area contributed by atoms with Gasteiger partial charge in [0.25, 0.3) is 10.2 Å². The summed E-state index contributed by atoms with van der Waals surface area (Å²) in [6.45, 7) is 4.40. The molecule has 0 atom stereocenters. The van der Waals surface area contributed by atoms with Crippen molar-refractivity contribution in [2.75, 3.05) is 13.1 Å². The Kier molecular flexibility index (Phi) is 6.72. The molecule has 9 nitrogen and oxygen atoms in total. The Balaban J connectivity index is 2.63. The fourth-order valence-corrected chi connectivity index (χ4v) is 3.10. The van der Waals surface area contributed by atoms with Gasteiger partial charge >= 0.3 is 5.97 Å². The normalized spacial score (nSPS) is 12.0. The zero-order chi connectivity index (χ0) is 15.9. The number of hydrogen-bond acceptors (Lipinski definition) is 5. The summed E-state index contributed by atoms with van der Waals surface area (Å²) < 4.78 is 29.2. The fourth-order valence-electron chi connectivity index (χ4n) is 1.74. The van der Waals surface area contributed by atoms with Crippen molar-refractivity contribution in [2.24, 2.45) is 0 Å². The van der Waals surface area contributed by atoms with Gasteiger partial charge in [-0.15, -0.1) is 5.10 Å². The molecule has 120 valence electrons. The highest BCUT2D eigenvalue weighted by Crippen LogP contribution is 2.03. The minimum atomic E-state index is -3.57. The second-order valence-corrected chi connectivity index (χ2v) is 6.28. The maximum absolute atomic E-state index is 12.1. The van der Waals surface area contributed by atoms with E-state index in [1.54, 1.807) is 0 Å². The summed E-state index contributed by atoms with van der Waals surface area (Å²) >= 11 is 0. The molecule has 0 saturated carbocycles. The van der Waals surface area contributed by atoms with E-state index >= 15 is 0 Å². The van der Waals surface area contributed by atoms with Gasteiger partial charge in [0.2, 0.25) is 0 Å². The monoisotopic (exact) mass is 319 g/mol. The molecule has 0 aromatic carbocycles. The van der Waals surface area contributed by atoms with E-state index in [9.17, 15) is 13.2 Å². The molecule has 0 fully saturated rings. The third kappa shape index (κ3) is 5.78. The van der Waals surface area contributed by atoms with Crippen LogP contribution in [-0.2, 0) is 28.1 Å². The summed E-state index contributed by atoms with van der Waals surface area (Å²) in [6, 6.07) is 0. The molecule has 1 aromatic rings. The number of rotatable bonds is 10. The average molecular weight is 319 g/mol. The number of carbonyl (C=O) groups is 1. The number of carboxylic acid groups (broad SMARTS) is 1.